The second kappa shape index (κ2) is 7.17. The Hall–Kier alpha value is -1.95. The molecule has 0 radical (unpaired) electrons. The van der Waals surface area contributed by atoms with Gasteiger partial charge in [-0.3, -0.25) is 4.79 Å². The van der Waals surface area contributed by atoms with Crippen molar-refractivity contribution in [1.29, 1.82) is 5.26 Å². The highest BCUT2D eigenvalue weighted by Crippen LogP contribution is 2.15. The molecule has 2 N–H and O–H groups in total. The Balaban J connectivity index is 3.02. The quantitative estimate of drug-likeness (QED) is 0.763. The highest BCUT2D eigenvalue weighted by atomic mass is 32.2. The molecule has 1 atom stereocenters. The Kier molecular flexibility index (Phi) is 5.84. The fraction of sp³-hybridized carbons (Fsp3) is 0.385. The van der Waals surface area contributed by atoms with Crippen molar-refractivity contribution < 1.29 is 23.1 Å². The average molecular weight is 312 g/mol. The molecule has 8 heteroatoms. The molecule has 0 spiro atoms. The average Bonchev–Trinajstić information content (AvgIpc) is 2.43. The lowest BCUT2D eigenvalue weighted by Gasteiger charge is -2.14. The van der Waals surface area contributed by atoms with Gasteiger partial charge in [0.15, 0.2) is 0 Å². The fourth-order valence-corrected chi connectivity index (χ4v) is 2.96. The topological polar surface area (TPSA) is 116 Å². The van der Waals surface area contributed by atoms with E-state index < -0.39 is 22.0 Å². The summed E-state index contributed by atoms with van der Waals surface area (Å²) in [6, 6.07) is 4.64. The van der Waals surface area contributed by atoms with Crippen molar-refractivity contribution in [2.24, 2.45) is 0 Å². The third-order valence-corrected chi connectivity index (χ3v) is 4.30. The molecular weight excluding hydrogens is 296 g/mol. The zero-order chi connectivity index (χ0) is 16.0. The Labute approximate surface area is 123 Å². The van der Waals surface area contributed by atoms with Crippen LogP contribution in [0.1, 0.15) is 17.5 Å². The van der Waals surface area contributed by atoms with Crippen LogP contribution in [-0.4, -0.2) is 39.3 Å². The van der Waals surface area contributed by atoms with E-state index in [2.05, 4.69) is 4.72 Å². The van der Waals surface area contributed by atoms with Crippen molar-refractivity contribution in [3.63, 3.8) is 0 Å². The molecular formula is C13H16N2O5S. The van der Waals surface area contributed by atoms with E-state index >= 15 is 0 Å². The summed E-state index contributed by atoms with van der Waals surface area (Å²) in [5.74, 6) is -1.28. The lowest BCUT2D eigenvalue weighted by atomic mass is 10.1. The lowest BCUT2D eigenvalue weighted by Crippen LogP contribution is -2.41. The number of nitrogens with one attached hydrogen (secondary N) is 1. The summed E-state index contributed by atoms with van der Waals surface area (Å²) < 4.78 is 31.2. The van der Waals surface area contributed by atoms with Gasteiger partial charge in [-0.15, -0.1) is 0 Å². The van der Waals surface area contributed by atoms with Gasteiger partial charge in [-0.1, -0.05) is 0 Å². The number of methoxy groups -OCH3 is 1. The number of benzene rings is 1. The number of nitrogens with zero attached hydrogens (tertiary/aromatic N) is 1. The maximum absolute atomic E-state index is 12.2. The van der Waals surface area contributed by atoms with Gasteiger partial charge in [0.1, 0.15) is 6.04 Å². The number of hydrogen-bond acceptors (Lipinski definition) is 5. The third-order valence-electron chi connectivity index (χ3n) is 2.83. The molecule has 0 aliphatic rings. The second-order valence-corrected chi connectivity index (χ2v) is 6.10. The molecule has 1 aromatic carbocycles. The molecule has 0 fully saturated rings. The molecule has 0 saturated carbocycles. The van der Waals surface area contributed by atoms with Crippen LogP contribution < -0.4 is 4.72 Å². The molecule has 114 valence electrons. The molecule has 0 saturated heterocycles. The number of rotatable bonds is 7. The van der Waals surface area contributed by atoms with Crippen LogP contribution in [0.3, 0.4) is 0 Å². The van der Waals surface area contributed by atoms with Crippen molar-refractivity contribution in [2.45, 2.75) is 24.3 Å². The van der Waals surface area contributed by atoms with E-state index in [0.29, 0.717) is 11.1 Å². The predicted molar refractivity (Wildman–Crippen MR) is 74.1 cm³/mol. The highest BCUT2D eigenvalue weighted by Gasteiger charge is 2.25. The lowest BCUT2D eigenvalue weighted by molar-refractivity contribution is -0.139. The SMILES string of the molecule is COCCC(NS(=O)(=O)c1ccc(C#N)c(C)c1)C(=O)O. The van der Waals surface area contributed by atoms with Crippen molar-refractivity contribution in [3.05, 3.63) is 29.3 Å². The molecule has 0 heterocycles. The summed E-state index contributed by atoms with van der Waals surface area (Å²) in [5.41, 5.74) is 0.868. The second-order valence-electron chi connectivity index (χ2n) is 4.38. The van der Waals surface area contributed by atoms with Gasteiger partial charge < -0.3 is 9.84 Å². The van der Waals surface area contributed by atoms with Gasteiger partial charge in [-0.05, 0) is 37.1 Å². The number of aryl methyl sites for hydroxylation is 1. The molecule has 7 nitrogen and oxygen atoms in total. The molecule has 0 aromatic heterocycles. The number of nitriles is 1. The van der Waals surface area contributed by atoms with Crippen molar-refractivity contribution in [1.82, 2.24) is 4.72 Å². The van der Waals surface area contributed by atoms with Gasteiger partial charge in [0.25, 0.3) is 0 Å². The monoisotopic (exact) mass is 312 g/mol. The van der Waals surface area contributed by atoms with Crippen LogP contribution in [0.2, 0.25) is 0 Å². The van der Waals surface area contributed by atoms with Gasteiger partial charge in [-0.25, -0.2) is 8.42 Å². The molecule has 0 bridgehead atoms. The van der Waals surface area contributed by atoms with Gasteiger partial charge in [0, 0.05) is 13.7 Å². The number of aliphatic carboxylic acids is 1. The Bertz CT molecular complexity index is 664. The van der Waals surface area contributed by atoms with Gasteiger partial charge in [-0.2, -0.15) is 9.98 Å². The van der Waals surface area contributed by atoms with E-state index in [4.69, 9.17) is 15.1 Å². The summed E-state index contributed by atoms with van der Waals surface area (Å²) in [5, 5.41) is 17.8. The Morgan fingerprint density at radius 1 is 1.52 bits per heavy atom. The van der Waals surface area contributed by atoms with E-state index in [9.17, 15) is 13.2 Å². The minimum atomic E-state index is -3.98. The van der Waals surface area contributed by atoms with Crippen LogP contribution in [0, 0.1) is 18.3 Å². The highest BCUT2D eigenvalue weighted by molar-refractivity contribution is 7.89. The maximum atomic E-state index is 12.2. The zero-order valence-electron chi connectivity index (χ0n) is 11.7. The summed E-state index contributed by atoms with van der Waals surface area (Å²) in [6.07, 6.45) is 0.0142. The molecule has 1 rings (SSSR count). The normalized spacial score (nSPS) is 12.6. The molecule has 1 unspecified atom stereocenters. The number of hydrogen-bond donors (Lipinski definition) is 2. The van der Waals surface area contributed by atoms with Crippen molar-refractivity contribution >= 4 is 16.0 Å². The molecule has 0 aliphatic carbocycles. The fourth-order valence-electron chi connectivity index (χ4n) is 1.65. The van der Waals surface area contributed by atoms with Gasteiger partial charge in [0.2, 0.25) is 10.0 Å². The van der Waals surface area contributed by atoms with Crippen LogP contribution in [0.15, 0.2) is 23.1 Å². The van der Waals surface area contributed by atoms with Crippen LogP contribution in [0.4, 0.5) is 0 Å². The third kappa shape index (κ3) is 4.53. The first-order valence-electron chi connectivity index (χ1n) is 6.06. The minimum absolute atomic E-state index is 0.0142. The summed E-state index contributed by atoms with van der Waals surface area (Å²) in [6.45, 7) is 1.73. The van der Waals surface area contributed by atoms with E-state index in [0.717, 1.165) is 0 Å². The first-order chi connectivity index (χ1) is 9.81. The van der Waals surface area contributed by atoms with Crippen LogP contribution >= 0.6 is 0 Å². The van der Waals surface area contributed by atoms with Gasteiger partial charge in [0.05, 0.1) is 16.5 Å². The molecule has 1 aromatic rings. The number of ether oxygens (including phenoxy) is 1. The summed E-state index contributed by atoms with van der Waals surface area (Å²) in [7, 11) is -2.58. The smallest absolute Gasteiger partial charge is 0.321 e. The van der Waals surface area contributed by atoms with E-state index in [1.165, 1.54) is 25.3 Å². The van der Waals surface area contributed by atoms with E-state index in [1.54, 1.807) is 6.92 Å². The predicted octanol–water partition coefficient (Wildman–Crippen LogP) is 0.635. The van der Waals surface area contributed by atoms with Crippen molar-refractivity contribution in [3.8, 4) is 6.07 Å². The molecule has 0 aliphatic heterocycles. The number of sulfonamides is 1. The Morgan fingerprint density at radius 2 is 2.19 bits per heavy atom. The number of carboxylic acids is 1. The number of carboxylic acid groups (broad SMARTS) is 1. The van der Waals surface area contributed by atoms with E-state index in [-0.39, 0.29) is 17.9 Å². The first-order valence-corrected chi connectivity index (χ1v) is 7.55. The Morgan fingerprint density at radius 3 is 2.67 bits per heavy atom. The van der Waals surface area contributed by atoms with Crippen LogP contribution in [0.5, 0.6) is 0 Å². The zero-order valence-corrected chi connectivity index (χ0v) is 12.5. The molecule has 0 amide bonds. The first kappa shape index (κ1) is 17.1. The summed E-state index contributed by atoms with van der Waals surface area (Å²) >= 11 is 0. The van der Waals surface area contributed by atoms with E-state index in [1.807, 2.05) is 6.07 Å². The largest absolute Gasteiger partial charge is 0.480 e. The maximum Gasteiger partial charge on any atom is 0.321 e. The molecule has 21 heavy (non-hydrogen) atoms. The van der Waals surface area contributed by atoms with Crippen molar-refractivity contribution in [2.75, 3.05) is 13.7 Å². The van der Waals surface area contributed by atoms with Gasteiger partial charge >= 0.3 is 5.97 Å². The standard InChI is InChI=1S/C13H16N2O5S/c1-9-7-11(4-3-10(9)8-14)21(18,19)15-12(13(16)17)5-6-20-2/h3-4,7,12,15H,5-6H2,1-2H3,(H,16,17). The minimum Gasteiger partial charge on any atom is -0.480 e. The number of carbonyl (C=O) groups is 1. The van der Waals surface area contributed by atoms with Crippen LogP contribution in [-0.2, 0) is 19.6 Å². The van der Waals surface area contributed by atoms with Crippen LogP contribution in [0.25, 0.3) is 0 Å². The summed E-state index contributed by atoms with van der Waals surface area (Å²) in [4.78, 5) is 11.0.